The number of amides is 1. The molecule has 1 amide bonds. The lowest BCUT2D eigenvalue weighted by Gasteiger charge is -2.07. The van der Waals surface area contributed by atoms with Crippen LogP contribution < -0.4 is 5.32 Å². The molecular formula is C13H19NO3S. The van der Waals surface area contributed by atoms with E-state index in [1.807, 2.05) is 32.0 Å². The standard InChI is InChI=1S/C13H19NO3S/c1-10-4-5-12(8-11(10)2)14-13(16)9-18(17)7-3-6-15/h4-5,8,15H,3,6-7,9H2,1-2H3,(H,14,16). The van der Waals surface area contributed by atoms with Gasteiger partial charge in [-0.05, 0) is 43.5 Å². The van der Waals surface area contributed by atoms with Crippen LogP contribution in [0, 0.1) is 13.8 Å². The fourth-order valence-electron chi connectivity index (χ4n) is 1.46. The normalized spacial score (nSPS) is 12.2. The second-order valence-electron chi connectivity index (χ2n) is 4.21. The topological polar surface area (TPSA) is 66.4 Å². The molecule has 18 heavy (non-hydrogen) atoms. The number of benzene rings is 1. The van der Waals surface area contributed by atoms with E-state index in [-0.39, 0.29) is 18.3 Å². The van der Waals surface area contributed by atoms with Crippen LogP contribution in [0.1, 0.15) is 17.5 Å². The van der Waals surface area contributed by atoms with E-state index in [1.165, 1.54) is 5.56 Å². The zero-order chi connectivity index (χ0) is 13.5. The van der Waals surface area contributed by atoms with Crippen molar-refractivity contribution in [1.29, 1.82) is 0 Å². The summed E-state index contributed by atoms with van der Waals surface area (Å²) in [6, 6.07) is 5.66. The number of aryl methyl sites for hydroxylation is 2. The zero-order valence-electron chi connectivity index (χ0n) is 10.7. The van der Waals surface area contributed by atoms with Crippen molar-refractivity contribution in [2.75, 3.05) is 23.4 Å². The van der Waals surface area contributed by atoms with Crippen LogP contribution in [-0.2, 0) is 15.6 Å². The Hall–Kier alpha value is -1.20. The Bertz CT molecular complexity index is 446. The summed E-state index contributed by atoms with van der Waals surface area (Å²) in [7, 11) is -1.21. The number of carbonyl (C=O) groups excluding carboxylic acids is 1. The van der Waals surface area contributed by atoms with Crippen molar-refractivity contribution in [3.8, 4) is 0 Å². The summed E-state index contributed by atoms with van der Waals surface area (Å²) in [5, 5.41) is 11.3. The van der Waals surface area contributed by atoms with Gasteiger partial charge in [-0.3, -0.25) is 9.00 Å². The Balaban J connectivity index is 2.49. The third-order valence-electron chi connectivity index (χ3n) is 2.61. The fraction of sp³-hybridized carbons (Fsp3) is 0.462. The van der Waals surface area contributed by atoms with Crippen LogP contribution in [0.3, 0.4) is 0 Å². The third-order valence-corrected chi connectivity index (χ3v) is 3.94. The second kappa shape index (κ2) is 7.28. The average molecular weight is 269 g/mol. The van der Waals surface area contributed by atoms with Crippen LogP contribution >= 0.6 is 0 Å². The summed E-state index contributed by atoms with van der Waals surface area (Å²) in [6.45, 7) is 3.99. The van der Waals surface area contributed by atoms with Crippen LogP contribution in [0.2, 0.25) is 0 Å². The smallest absolute Gasteiger partial charge is 0.236 e. The molecule has 0 saturated carbocycles. The molecule has 0 aromatic heterocycles. The number of aliphatic hydroxyl groups excluding tert-OH is 1. The van der Waals surface area contributed by atoms with Crippen molar-refractivity contribution in [2.45, 2.75) is 20.3 Å². The molecule has 1 atom stereocenters. The van der Waals surface area contributed by atoms with E-state index >= 15 is 0 Å². The molecule has 0 heterocycles. The zero-order valence-corrected chi connectivity index (χ0v) is 11.5. The molecule has 1 rings (SSSR count). The van der Waals surface area contributed by atoms with E-state index < -0.39 is 10.8 Å². The maximum absolute atomic E-state index is 11.6. The highest BCUT2D eigenvalue weighted by Gasteiger charge is 2.08. The molecule has 1 aromatic rings. The van der Waals surface area contributed by atoms with Gasteiger partial charge in [0, 0.05) is 28.8 Å². The molecule has 4 nitrogen and oxygen atoms in total. The van der Waals surface area contributed by atoms with E-state index in [4.69, 9.17) is 5.11 Å². The monoisotopic (exact) mass is 269 g/mol. The van der Waals surface area contributed by atoms with Crippen LogP contribution in [0.25, 0.3) is 0 Å². The molecule has 0 saturated heterocycles. The largest absolute Gasteiger partial charge is 0.396 e. The highest BCUT2D eigenvalue weighted by molar-refractivity contribution is 7.85. The average Bonchev–Trinajstić information content (AvgIpc) is 2.31. The summed E-state index contributed by atoms with van der Waals surface area (Å²) >= 11 is 0. The van der Waals surface area contributed by atoms with E-state index in [1.54, 1.807) is 0 Å². The van der Waals surface area contributed by atoms with Gasteiger partial charge in [-0.25, -0.2) is 0 Å². The Kier molecular flexibility index (Phi) is 6.01. The molecule has 5 heteroatoms. The number of rotatable bonds is 6. The van der Waals surface area contributed by atoms with Crippen LogP contribution in [0.15, 0.2) is 18.2 Å². The molecule has 0 aliphatic carbocycles. The van der Waals surface area contributed by atoms with E-state index in [2.05, 4.69) is 5.32 Å². The van der Waals surface area contributed by atoms with E-state index in [0.29, 0.717) is 12.2 Å². The first-order valence-electron chi connectivity index (χ1n) is 5.86. The number of hydrogen-bond acceptors (Lipinski definition) is 3. The molecule has 0 aliphatic heterocycles. The summed E-state index contributed by atoms with van der Waals surface area (Å²) in [5.74, 6) is 0.0820. The predicted octanol–water partition coefficient (Wildman–Crippen LogP) is 1.37. The van der Waals surface area contributed by atoms with Gasteiger partial charge >= 0.3 is 0 Å². The van der Waals surface area contributed by atoms with Gasteiger partial charge in [-0.1, -0.05) is 6.07 Å². The van der Waals surface area contributed by atoms with Gasteiger partial charge in [0.25, 0.3) is 0 Å². The van der Waals surface area contributed by atoms with Gasteiger partial charge in [0.2, 0.25) is 5.91 Å². The minimum Gasteiger partial charge on any atom is -0.396 e. The summed E-state index contributed by atoms with van der Waals surface area (Å²) < 4.78 is 11.5. The van der Waals surface area contributed by atoms with Gasteiger partial charge in [-0.15, -0.1) is 0 Å². The van der Waals surface area contributed by atoms with Crippen molar-refractivity contribution in [1.82, 2.24) is 0 Å². The van der Waals surface area contributed by atoms with Gasteiger partial charge < -0.3 is 10.4 Å². The van der Waals surface area contributed by atoms with Crippen molar-refractivity contribution in [2.24, 2.45) is 0 Å². The van der Waals surface area contributed by atoms with Crippen molar-refractivity contribution in [3.05, 3.63) is 29.3 Å². The SMILES string of the molecule is Cc1ccc(NC(=O)CS(=O)CCCO)cc1C. The number of aliphatic hydroxyl groups is 1. The molecule has 0 radical (unpaired) electrons. The van der Waals surface area contributed by atoms with Crippen LogP contribution in [-0.4, -0.2) is 33.3 Å². The number of carbonyl (C=O) groups is 1. The summed E-state index contributed by atoms with van der Waals surface area (Å²) in [5.41, 5.74) is 3.00. The number of hydrogen-bond donors (Lipinski definition) is 2. The molecule has 0 spiro atoms. The number of nitrogens with one attached hydrogen (secondary N) is 1. The Morgan fingerprint density at radius 1 is 1.33 bits per heavy atom. The Labute approximate surface area is 110 Å². The molecule has 0 bridgehead atoms. The number of anilines is 1. The van der Waals surface area contributed by atoms with E-state index in [9.17, 15) is 9.00 Å². The fourth-order valence-corrected chi connectivity index (χ4v) is 2.42. The highest BCUT2D eigenvalue weighted by Crippen LogP contribution is 2.13. The first-order chi connectivity index (χ1) is 8.52. The van der Waals surface area contributed by atoms with Gasteiger partial charge in [0.15, 0.2) is 0 Å². The minimum atomic E-state index is -1.21. The molecular weight excluding hydrogens is 250 g/mol. The third kappa shape index (κ3) is 4.98. The highest BCUT2D eigenvalue weighted by atomic mass is 32.2. The maximum Gasteiger partial charge on any atom is 0.236 e. The van der Waals surface area contributed by atoms with Crippen molar-refractivity contribution in [3.63, 3.8) is 0 Å². The molecule has 1 aromatic carbocycles. The Morgan fingerprint density at radius 3 is 2.67 bits per heavy atom. The first-order valence-corrected chi connectivity index (χ1v) is 7.34. The van der Waals surface area contributed by atoms with Crippen molar-refractivity contribution < 1.29 is 14.1 Å². The van der Waals surface area contributed by atoms with Gasteiger partial charge in [0.05, 0.1) is 0 Å². The van der Waals surface area contributed by atoms with Gasteiger partial charge in [0.1, 0.15) is 5.75 Å². The Morgan fingerprint density at radius 2 is 2.06 bits per heavy atom. The quantitative estimate of drug-likeness (QED) is 0.819. The summed E-state index contributed by atoms with van der Waals surface area (Å²) in [4.78, 5) is 11.6. The molecule has 2 N–H and O–H groups in total. The minimum absolute atomic E-state index is 0.00448. The molecule has 100 valence electrons. The maximum atomic E-state index is 11.6. The lowest BCUT2D eigenvalue weighted by Crippen LogP contribution is -2.21. The lowest BCUT2D eigenvalue weighted by atomic mass is 10.1. The molecule has 0 fully saturated rings. The van der Waals surface area contributed by atoms with Crippen LogP contribution in [0.4, 0.5) is 5.69 Å². The predicted molar refractivity (Wildman–Crippen MR) is 74.1 cm³/mol. The van der Waals surface area contributed by atoms with Gasteiger partial charge in [-0.2, -0.15) is 0 Å². The van der Waals surface area contributed by atoms with E-state index in [0.717, 1.165) is 11.3 Å². The van der Waals surface area contributed by atoms with Crippen LogP contribution in [0.5, 0.6) is 0 Å². The first kappa shape index (κ1) is 14.9. The molecule has 0 aliphatic rings. The van der Waals surface area contributed by atoms with Crippen molar-refractivity contribution >= 4 is 22.4 Å². The molecule has 1 unspecified atom stereocenters. The second-order valence-corrected chi connectivity index (χ2v) is 5.79. The summed E-state index contributed by atoms with van der Waals surface area (Å²) in [6.07, 6.45) is 0.462. The lowest BCUT2D eigenvalue weighted by molar-refractivity contribution is -0.113.